The number of hydrogen-bond donors (Lipinski definition) is 1. The number of likely N-dealkylation sites (tertiary alicyclic amines) is 1. The molecule has 5 nitrogen and oxygen atoms in total. The van der Waals surface area contributed by atoms with Crippen molar-refractivity contribution in [2.75, 3.05) is 6.61 Å². The number of nitrogens with zero attached hydrogens (tertiary/aromatic N) is 1. The summed E-state index contributed by atoms with van der Waals surface area (Å²) in [5.74, 6) is -1.59. The van der Waals surface area contributed by atoms with Gasteiger partial charge in [-0.3, -0.25) is 9.59 Å². The number of amides is 1. The minimum atomic E-state index is -0.796. The summed E-state index contributed by atoms with van der Waals surface area (Å²) in [6.45, 7) is 2.79. The van der Waals surface area contributed by atoms with E-state index in [0.29, 0.717) is 17.9 Å². The molecule has 0 saturated carbocycles. The average Bonchev–Trinajstić information content (AvgIpc) is 3.08. The Morgan fingerprint density at radius 1 is 0.970 bits per heavy atom. The molecule has 168 valence electrons. The maximum atomic E-state index is 13.4. The fraction of sp³-hybridized carbons (Fsp3) is 0.185. The van der Waals surface area contributed by atoms with E-state index in [4.69, 9.17) is 4.74 Å². The van der Waals surface area contributed by atoms with E-state index in [9.17, 15) is 19.1 Å². The van der Waals surface area contributed by atoms with Gasteiger partial charge < -0.3 is 14.7 Å². The zero-order valence-electron chi connectivity index (χ0n) is 18.2. The van der Waals surface area contributed by atoms with E-state index in [2.05, 4.69) is 0 Å². The molecule has 1 saturated heterocycles. The molecule has 1 atom stereocenters. The van der Waals surface area contributed by atoms with Crippen molar-refractivity contribution < 1.29 is 23.8 Å². The molecule has 0 aliphatic carbocycles. The molecule has 0 bridgehead atoms. The number of Topliss-reactive ketones (excluding diaryl/α,β-unsaturated/α-hetero) is 1. The molecule has 3 aromatic carbocycles. The summed E-state index contributed by atoms with van der Waals surface area (Å²) in [7, 11) is 0. The molecule has 3 aromatic rings. The SMILES string of the molecule is CCCOc1ccc(C2C(=C(O)c3ccc(F)cc3)C(=O)C(=O)N2Cc2ccccc2)cc1. The summed E-state index contributed by atoms with van der Waals surface area (Å²) in [4.78, 5) is 27.6. The number of halogens is 1. The number of aliphatic hydroxyl groups excluding tert-OH is 1. The molecular formula is C27H24FNO4. The second-order valence-corrected chi connectivity index (χ2v) is 7.84. The van der Waals surface area contributed by atoms with Gasteiger partial charge in [0.05, 0.1) is 18.2 Å². The van der Waals surface area contributed by atoms with Crippen LogP contribution >= 0.6 is 0 Å². The van der Waals surface area contributed by atoms with Crippen LogP contribution in [0.25, 0.3) is 5.76 Å². The molecule has 1 aliphatic heterocycles. The van der Waals surface area contributed by atoms with E-state index in [-0.39, 0.29) is 23.4 Å². The molecule has 1 amide bonds. The third-order valence-corrected chi connectivity index (χ3v) is 5.52. The zero-order chi connectivity index (χ0) is 23.4. The normalized spacial score (nSPS) is 17.4. The lowest BCUT2D eigenvalue weighted by atomic mass is 9.95. The summed E-state index contributed by atoms with van der Waals surface area (Å²) in [5.41, 5.74) is 1.76. The summed E-state index contributed by atoms with van der Waals surface area (Å²) in [5, 5.41) is 11.0. The Morgan fingerprint density at radius 2 is 1.64 bits per heavy atom. The number of carbonyl (C=O) groups excluding carboxylic acids is 2. The second kappa shape index (κ2) is 9.69. The minimum absolute atomic E-state index is 0.0234. The van der Waals surface area contributed by atoms with Gasteiger partial charge in [-0.15, -0.1) is 0 Å². The van der Waals surface area contributed by atoms with E-state index < -0.39 is 23.5 Å². The Morgan fingerprint density at radius 3 is 2.27 bits per heavy atom. The van der Waals surface area contributed by atoms with Crippen molar-refractivity contribution in [2.45, 2.75) is 25.9 Å². The van der Waals surface area contributed by atoms with Gasteiger partial charge >= 0.3 is 0 Å². The van der Waals surface area contributed by atoms with E-state index in [1.807, 2.05) is 37.3 Å². The van der Waals surface area contributed by atoms with Crippen LogP contribution in [0, 0.1) is 5.82 Å². The Bertz CT molecular complexity index is 1170. The van der Waals surface area contributed by atoms with Crippen molar-refractivity contribution in [3.63, 3.8) is 0 Å². The lowest BCUT2D eigenvalue weighted by Crippen LogP contribution is -2.29. The standard InChI is InChI=1S/C27H24FNO4/c1-2-16-33-22-14-10-19(11-15-22)24-23(25(30)20-8-12-21(28)13-9-20)26(31)27(32)29(24)17-18-6-4-3-5-7-18/h3-15,24,30H,2,16-17H2,1H3. The first-order valence-electron chi connectivity index (χ1n) is 10.8. The minimum Gasteiger partial charge on any atom is -0.507 e. The lowest BCUT2D eigenvalue weighted by molar-refractivity contribution is -0.140. The van der Waals surface area contributed by atoms with Gasteiger partial charge in [-0.25, -0.2) is 4.39 Å². The largest absolute Gasteiger partial charge is 0.507 e. The molecule has 4 rings (SSSR count). The number of aliphatic hydroxyl groups is 1. The van der Waals surface area contributed by atoms with Crippen LogP contribution in [-0.4, -0.2) is 28.3 Å². The molecule has 1 aliphatic rings. The van der Waals surface area contributed by atoms with Gasteiger partial charge in [0.2, 0.25) is 0 Å². The van der Waals surface area contributed by atoms with Crippen molar-refractivity contribution in [3.8, 4) is 5.75 Å². The van der Waals surface area contributed by atoms with E-state index in [1.54, 1.807) is 24.3 Å². The van der Waals surface area contributed by atoms with Gasteiger partial charge in [-0.1, -0.05) is 49.4 Å². The third-order valence-electron chi connectivity index (χ3n) is 5.52. The van der Waals surface area contributed by atoms with Crippen LogP contribution in [0.4, 0.5) is 4.39 Å². The number of rotatable bonds is 7. The molecule has 6 heteroatoms. The maximum Gasteiger partial charge on any atom is 0.295 e. The van der Waals surface area contributed by atoms with E-state index in [0.717, 1.165) is 12.0 Å². The van der Waals surface area contributed by atoms with Crippen molar-refractivity contribution in [2.24, 2.45) is 0 Å². The summed E-state index contributed by atoms with van der Waals surface area (Å²) in [6, 6.07) is 20.9. The highest BCUT2D eigenvalue weighted by Crippen LogP contribution is 2.40. The maximum absolute atomic E-state index is 13.4. The van der Waals surface area contributed by atoms with Gasteiger partial charge in [-0.05, 0) is 53.9 Å². The molecule has 33 heavy (non-hydrogen) atoms. The van der Waals surface area contributed by atoms with Crippen LogP contribution in [0.3, 0.4) is 0 Å². The third kappa shape index (κ3) is 4.65. The first-order chi connectivity index (χ1) is 16.0. The van der Waals surface area contributed by atoms with Crippen molar-refractivity contribution in [3.05, 3.63) is 107 Å². The van der Waals surface area contributed by atoms with Gasteiger partial charge in [-0.2, -0.15) is 0 Å². The summed E-state index contributed by atoms with van der Waals surface area (Å²) < 4.78 is 19.0. The fourth-order valence-corrected chi connectivity index (χ4v) is 3.90. The molecule has 1 N–H and O–H groups in total. The fourth-order valence-electron chi connectivity index (χ4n) is 3.90. The highest BCUT2D eigenvalue weighted by atomic mass is 19.1. The van der Waals surface area contributed by atoms with Crippen LogP contribution in [0.2, 0.25) is 0 Å². The monoisotopic (exact) mass is 445 g/mol. The molecule has 1 fully saturated rings. The number of carbonyl (C=O) groups is 2. The zero-order valence-corrected chi connectivity index (χ0v) is 18.2. The van der Waals surface area contributed by atoms with Crippen molar-refractivity contribution in [1.82, 2.24) is 4.90 Å². The molecule has 0 radical (unpaired) electrons. The highest BCUT2D eigenvalue weighted by Gasteiger charge is 2.46. The topological polar surface area (TPSA) is 66.8 Å². The number of hydrogen-bond acceptors (Lipinski definition) is 4. The Balaban J connectivity index is 1.80. The first-order valence-corrected chi connectivity index (χ1v) is 10.8. The molecule has 0 spiro atoms. The number of benzene rings is 3. The Kier molecular flexibility index (Phi) is 6.54. The molecular weight excluding hydrogens is 421 g/mol. The first kappa shape index (κ1) is 22.3. The lowest BCUT2D eigenvalue weighted by Gasteiger charge is -2.25. The van der Waals surface area contributed by atoms with Gasteiger partial charge in [0.25, 0.3) is 11.7 Å². The van der Waals surface area contributed by atoms with Crippen molar-refractivity contribution in [1.29, 1.82) is 0 Å². The van der Waals surface area contributed by atoms with Crippen LogP contribution < -0.4 is 4.74 Å². The Hall–Kier alpha value is -3.93. The smallest absolute Gasteiger partial charge is 0.295 e. The quantitative estimate of drug-likeness (QED) is 0.307. The van der Waals surface area contributed by atoms with Gasteiger partial charge in [0.1, 0.15) is 17.3 Å². The van der Waals surface area contributed by atoms with Crippen LogP contribution in [0.15, 0.2) is 84.4 Å². The molecule has 1 unspecified atom stereocenters. The van der Waals surface area contributed by atoms with E-state index in [1.165, 1.54) is 29.2 Å². The molecule has 1 heterocycles. The van der Waals surface area contributed by atoms with Crippen LogP contribution in [0.1, 0.15) is 36.1 Å². The average molecular weight is 445 g/mol. The van der Waals surface area contributed by atoms with E-state index >= 15 is 0 Å². The van der Waals surface area contributed by atoms with Crippen molar-refractivity contribution >= 4 is 17.4 Å². The Labute approximate surface area is 191 Å². The summed E-state index contributed by atoms with van der Waals surface area (Å²) in [6.07, 6.45) is 0.872. The predicted octanol–water partition coefficient (Wildman–Crippen LogP) is 5.24. The van der Waals surface area contributed by atoms with Crippen LogP contribution in [-0.2, 0) is 16.1 Å². The predicted molar refractivity (Wildman–Crippen MR) is 123 cm³/mol. The number of ether oxygens (including phenoxy) is 1. The molecule has 0 aromatic heterocycles. The second-order valence-electron chi connectivity index (χ2n) is 7.84. The summed E-state index contributed by atoms with van der Waals surface area (Å²) >= 11 is 0. The van der Waals surface area contributed by atoms with Gasteiger partial charge in [0, 0.05) is 12.1 Å². The van der Waals surface area contributed by atoms with Crippen LogP contribution in [0.5, 0.6) is 5.75 Å². The number of ketones is 1. The van der Waals surface area contributed by atoms with Gasteiger partial charge in [0.15, 0.2) is 0 Å². The highest BCUT2D eigenvalue weighted by molar-refractivity contribution is 6.46.